The van der Waals surface area contributed by atoms with Crippen LogP contribution in [0, 0.1) is 5.82 Å². The molecular formula is C9H6BrFN2OS. The van der Waals surface area contributed by atoms with Gasteiger partial charge in [-0.15, -0.1) is 0 Å². The van der Waals surface area contributed by atoms with Crippen LogP contribution in [0.4, 0.5) is 4.39 Å². The molecule has 1 fully saturated rings. The molecule has 0 bridgehead atoms. The van der Waals surface area contributed by atoms with Gasteiger partial charge < -0.3 is 10.6 Å². The van der Waals surface area contributed by atoms with Crippen molar-refractivity contribution in [2.24, 2.45) is 0 Å². The smallest absolute Gasteiger partial charge is 0.253 e. The normalized spacial score (nSPS) is 20.0. The minimum Gasteiger partial charge on any atom is -0.347 e. The van der Waals surface area contributed by atoms with E-state index in [1.54, 1.807) is 6.07 Å². The first-order valence-corrected chi connectivity index (χ1v) is 5.34. The summed E-state index contributed by atoms with van der Waals surface area (Å²) in [7, 11) is 0. The topological polar surface area (TPSA) is 41.1 Å². The van der Waals surface area contributed by atoms with Crippen LogP contribution in [-0.2, 0) is 4.79 Å². The van der Waals surface area contributed by atoms with E-state index >= 15 is 0 Å². The quantitative estimate of drug-likeness (QED) is 0.772. The molecule has 1 aromatic carbocycles. The summed E-state index contributed by atoms with van der Waals surface area (Å²) in [5, 5.41) is 5.57. The van der Waals surface area contributed by atoms with Crippen LogP contribution in [0.1, 0.15) is 11.6 Å². The summed E-state index contributed by atoms with van der Waals surface area (Å²) in [6.07, 6.45) is 0. The van der Waals surface area contributed by atoms with Crippen LogP contribution in [0.25, 0.3) is 0 Å². The molecule has 0 aromatic heterocycles. The summed E-state index contributed by atoms with van der Waals surface area (Å²) in [5.74, 6) is -0.584. The molecule has 2 rings (SSSR count). The van der Waals surface area contributed by atoms with Crippen LogP contribution in [-0.4, -0.2) is 11.0 Å². The summed E-state index contributed by atoms with van der Waals surface area (Å²) in [5.41, 5.74) is 0.661. The zero-order chi connectivity index (χ0) is 11.0. The van der Waals surface area contributed by atoms with Crippen molar-refractivity contribution >= 4 is 39.2 Å². The van der Waals surface area contributed by atoms with Crippen LogP contribution < -0.4 is 10.6 Å². The largest absolute Gasteiger partial charge is 0.347 e. The van der Waals surface area contributed by atoms with Crippen LogP contribution in [0.2, 0.25) is 0 Å². The van der Waals surface area contributed by atoms with Gasteiger partial charge in [-0.05, 0) is 29.9 Å². The minimum absolute atomic E-state index is 0.229. The molecule has 0 radical (unpaired) electrons. The van der Waals surface area contributed by atoms with Gasteiger partial charge in [0.15, 0.2) is 5.11 Å². The number of nitrogens with one attached hydrogen (secondary N) is 2. The Hall–Kier alpha value is -1.01. The van der Waals surface area contributed by atoms with Gasteiger partial charge in [0.05, 0.1) is 0 Å². The molecule has 1 amide bonds. The second kappa shape index (κ2) is 3.86. The number of halogens is 2. The maximum Gasteiger partial charge on any atom is 0.253 e. The lowest BCUT2D eigenvalue weighted by atomic mass is 10.1. The van der Waals surface area contributed by atoms with Crippen molar-refractivity contribution in [3.63, 3.8) is 0 Å². The molecular weight excluding hydrogens is 283 g/mol. The summed E-state index contributed by atoms with van der Waals surface area (Å²) in [6, 6.07) is 3.61. The fourth-order valence-electron chi connectivity index (χ4n) is 1.37. The minimum atomic E-state index is -0.549. The molecule has 0 spiro atoms. The van der Waals surface area contributed by atoms with Crippen LogP contribution in [0.5, 0.6) is 0 Å². The summed E-state index contributed by atoms with van der Waals surface area (Å²) in [4.78, 5) is 11.4. The van der Waals surface area contributed by atoms with Gasteiger partial charge in [0, 0.05) is 4.47 Å². The molecule has 1 unspecified atom stereocenters. The molecule has 1 heterocycles. The molecule has 0 aliphatic carbocycles. The summed E-state index contributed by atoms with van der Waals surface area (Å²) < 4.78 is 13.4. The average Bonchev–Trinajstić information content (AvgIpc) is 2.45. The number of thiocarbonyl (C=S) groups is 1. The van der Waals surface area contributed by atoms with Gasteiger partial charge >= 0.3 is 0 Å². The van der Waals surface area contributed by atoms with Crippen molar-refractivity contribution < 1.29 is 9.18 Å². The molecule has 0 saturated carbocycles. The van der Waals surface area contributed by atoms with E-state index in [0.29, 0.717) is 15.1 Å². The predicted octanol–water partition coefficient (Wildman–Crippen LogP) is 1.63. The second-order valence-corrected chi connectivity index (χ2v) is 4.32. The number of carbonyl (C=O) groups is 1. The third kappa shape index (κ3) is 2.00. The van der Waals surface area contributed by atoms with E-state index in [1.807, 2.05) is 0 Å². The van der Waals surface area contributed by atoms with E-state index in [1.165, 1.54) is 12.1 Å². The highest BCUT2D eigenvalue weighted by Gasteiger charge is 2.29. The SMILES string of the molecule is O=C1NC(=S)NC1c1ccc(F)cc1Br. The predicted molar refractivity (Wildman–Crippen MR) is 60.7 cm³/mol. The lowest BCUT2D eigenvalue weighted by Gasteiger charge is -2.09. The average molecular weight is 289 g/mol. The Kier molecular flexibility index (Phi) is 2.70. The number of hydrogen-bond acceptors (Lipinski definition) is 2. The lowest BCUT2D eigenvalue weighted by Crippen LogP contribution is -2.21. The molecule has 6 heteroatoms. The third-order valence-electron chi connectivity index (χ3n) is 2.05. The van der Waals surface area contributed by atoms with E-state index in [9.17, 15) is 9.18 Å². The highest BCUT2D eigenvalue weighted by Crippen LogP contribution is 2.26. The van der Waals surface area contributed by atoms with Crippen molar-refractivity contribution in [1.82, 2.24) is 10.6 Å². The van der Waals surface area contributed by atoms with E-state index in [-0.39, 0.29) is 11.7 Å². The zero-order valence-corrected chi connectivity index (χ0v) is 9.78. The molecule has 2 N–H and O–H groups in total. The Bertz CT molecular complexity index is 452. The van der Waals surface area contributed by atoms with E-state index in [0.717, 1.165) is 0 Å². The van der Waals surface area contributed by atoms with Gasteiger partial charge in [-0.25, -0.2) is 4.39 Å². The summed E-state index contributed by atoms with van der Waals surface area (Å²) in [6.45, 7) is 0. The number of amides is 1. The Labute approximate surface area is 99.2 Å². The van der Waals surface area contributed by atoms with Crippen LogP contribution >= 0.6 is 28.1 Å². The fraction of sp³-hybridized carbons (Fsp3) is 0.111. The Balaban J connectivity index is 2.38. The molecule has 1 aromatic rings. The monoisotopic (exact) mass is 288 g/mol. The van der Waals surface area contributed by atoms with Crippen molar-refractivity contribution in [2.75, 3.05) is 0 Å². The lowest BCUT2D eigenvalue weighted by molar-refractivity contribution is -0.120. The Morgan fingerprint density at radius 2 is 2.20 bits per heavy atom. The van der Waals surface area contributed by atoms with Gasteiger partial charge in [0.1, 0.15) is 11.9 Å². The fourth-order valence-corrected chi connectivity index (χ4v) is 2.17. The number of benzene rings is 1. The maximum atomic E-state index is 12.8. The third-order valence-corrected chi connectivity index (χ3v) is 2.95. The first-order valence-electron chi connectivity index (χ1n) is 4.14. The van der Waals surface area contributed by atoms with Gasteiger partial charge in [-0.2, -0.15) is 0 Å². The van der Waals surface area contributed by atoms with Crippen molar-refractivity contribution in [3.05, 3.63) is 34.1 Å². The number of hydrogen-bond donors (Lipinski definition) is 2. The molecule has 78 valence electrons. The molecule has 3 nitrogen and oxygen atoms in total. The first-order chi connectivity index (χ1) is 7.08. The molecule has 1 aliphatic rings. The summed E-state index contributed by atoms with van der Waals surface area (Å²) >= 11 is 8.01. The molecule has 1 saturated heterocycles. The standard InChI is InChI=1S/C9H6BrFN2OS/c10-6-3-4(11)1-2-5(6)7-8(14)13-9(15)12-7/h1-3,7H,(H2,12,13,14,15). The number of carbonyl (C=O) groups excluding carboxylic acids is 1. The van der Waals surface area contributed by atoms with Crippen molar-refractivity contribution in [1.29, 1.82) is 0 Å². The number of rotatable bonds is 1. The van der Waals surface area contributed by atoms with Crippen LogP contribution in [0.3, 0.4) is 0 Å². The first kappa shape index (κ1) is 10.5. The Morgan fingerprint density at radius 1 is 1.47 bits per heavy atom. The zero-order valence-electron chi connectivity index (χ0n) is 7.38. The van der Waals surface area contributed by atoms with Crippen molar-refractivity contribution in [3.8, 4) is 0 Å². The van der Waals surface area contributed by atoms with Crippen LogP contribution in [0.15, 0.2) is 22.7 Å². The van der Waals surface area contributed by atoms with Gasteiger partial charge in [0.2, 0.25) is 0 Å². The molecule has 1 atom stereocenters. The van der Waals surface area contributed by atoms with E-state index in [4.69, 9.17) is 12.2 Å². The Morgan fingerprint density at radius 3 is 2.73 bits per heavy atom. The highest BCUT2D eigenvalue weighted by atomic mass is 79.9. The highest BCUT2D eigenvalue weighted by molar-refractivity contribution is 9.10. The van der Waals surface area contributed by atoms with E-state index < -0.39 is 6.04 Å². The van der Waals surface area contributed by atoms with Gasteiger partial charge in [0.25, 0.3) is 5.91 Å². The molecule has 1 aliphatic heterocycles. The maximum absolute atomic E-state index is 12.8. The second-order valence-electron chi connectivity index (χ2n) is 3.06. The van der Waals surface area contributed by atoms with Gasteiger partial charge in [-0.1, -0.05) is 22.0 Å². The van der Waals surface area contributed by atoms with Gasteiger partial charge in [-0.3, -0.25) is 4.79 Å². The van der Waals surface area contributed by atoms with Crippen molar-refractivity contribution in [2.45, 2.75) is 6.04 Å². The molecule has 15 heavy (non-hydrogen) atoms. The van der Waals surface area contributed by atoms with E-state index in [2.05, 4.69) is 26.6 Å².